The van der Waals surface area contributed by atoms with Crippen LogP contribution in [0.1, 0.15) is 27.2 Å². The zero-order valence-corrected chi connectivity index (χ0v) is 10.8. The van der Waals surface area contributed by atoms with E-state index in [4.69, 9.17) is 11.0 Å². The van der Waals surface area contributed by atoms with E-state index in [1.165, 1.54) is 0 Å². The molecule has 0 bridgehead atoms. The Kier molecular flexibility index (Phi) is 4.43. The Balaban J connectivity index is 2.03. The number of amides is 1. The van der Waals surface area contributed by atoms with Gasteiger partial charge in [-0.1, -0.05) is 12.1 Å². The quantitative estimate of drug-likeness (QED) is 0.873. The van der Waals surface area contributed by atoms with Crippen LogP contribution in [0, 0.1) is 11.3 Å². The molecule has 0 aliphatic rings. The lowest BCUT2D eigenvalue weighted by molar-refractivity contribution is 0.0950. The molecule has 5 nitrogen and oxygen atoms in total. The summed E-state index contributed by atoms with van der Waals surface area (Å²) in [5.41, 5.74) is 8.14. The average Bonchev–Trinajstić information content (AvgIpc) is 2.52. The first-order valence-corrected chi connectivity index (χ1v) is 6.15. The highest BCUT2D eigenvalue weighted by Crippen LogP contribution is 2.05. The molecule has 0 unspecified atom stereocenters. The van der Waals surface area contributed by atoms with Gasteiger partial charge in [0.05, 0.1) is 17.3 Å². The van der Waals surface area contributed by atoms with Gasteiger partial charge in [-0.2, -0.15) is 5.26 Å². The summed E-state index contributed by atoms with van der Waals surface area (Å²) in [7, 11) is 0. The topological polar surface area (TPSA) is 91.8 Å². The van der Waals surface area contributed by atoms with Crippen molar-refractivity contribution in [3.05, 3.63) is 65.0 Å². The Bertz CT molecular complexity index is 661. The van der Waals surface area contributed by atoms with Crippen molar-refractivity contribution in [2.24, 2.45) is 5.73 Å². The van der Waals surface area contributed by atoms with Crippen molar-refractivity contribution in [1.29, 1.82) is 5.26 Å². The van der Waals surface area contributed by atoms with Crippen LogP contribution in [-0.4, -0.2) is 10.9 Å². The Hall–Kier alpha value is -2.71. The fourth-order valence-corrected chi connectivity index (χ4v) is 1.77. The van der Waals surface area contributed by atoms with Crippen molar-refractivity contribution >= 4 is 5.91 Å². The molecule has 0 saturated heterocycles. The first-order valence-electron chi connectivity index (χ1n) is 6.15. The zero-order valence-electron chi connectivity index (χ0n) is 10.8. The molecule has 2 rings (SSSR count). The first-order chi connectivity index (χ1) is 9.72. The molecule has 3 N–H and O–H groups in total. The number of carbonyl (C=O) groups is 1. The number of hydrogen-bond donors (Lipinski definition) is 2. The van der Waals surface area contributed by atoms with E-state index in [1.807, 2.05) is 6.07 Å². The second-order valence-electron chi connectivity index (χ2n) is 4.23. The molecule has 1 aromatic carbocycles. The standard InChI is InChI=1S/C15H14N4O/c16-8-11-2-1-3-12(6-11)10-19-15(20)13-4-5-18-14(7-13)9-17/h1-7H,9-10,17H2,(H,19,20). The maximum Gasteiger partial charge on any atom is 0.251 e. The molecule has 0 radical (unpaired) electrons. The third kappa shape index (κ3) is 3.40. The number of hydrogen-bond acceptors (Lipinski definition) is 4. The lowest BCUT2D eigenvalue weighted by Gasteiger charge is -2.06. The Morgan fingerprint density at radius 1 is 1.35 bits per heavy atom. The highest BCUT2D eigenvalue weighted by Gasteiger charge is 2.06. The van der Waals surface area contributed by atoms with E-state index in [1.54, 1.807) is 36.5 Å². The number of nitriles is 1. The maximum atomic E-state index is 12.0. The van der Waals surface area contributed by atoms with Crippen molar-refractivity contribution in [2.75, 3.05) is 0 Å². The minimum atomic E-state index is -0.190. The molecule has 0 spiro atoms. The van der Waals surface area contributed by atoms with E-state index in [2.05, 4.69) is 16.4 Å². The predicted octanol–water partition coefficient (Wildman–Crippen LogP) is 1.34. The Morgan fingerprint density at radius 2 is 2.20 bits per heavy atom. The number of nitrogens with two attached hydrogens (primary N) is 1. The molecule has 100 valence electrons. The molecule has 0 aliphatic carbocycles. The van der Waals surface area contributed by atoms with Crippen LogP contribution in [0.2, 0.25) is 0 Å². The van der Waals surface area contributed by atoms with Crippen molar-refractivity contribution in [3.8, 4) is 6.07 Å². The smallest absolute Gasteiger partial charge is 0.251 e. The van der Waals surface area contributed by atoms with Gasteiger partial charge in [0.2, 0.25) is 0 Å². The predicted molar refractivity (Wildman–Crippen MR) is 74.5 cm³/mol. The molecule has 0 fully saturated rings. The molecular formula is C15H14N4O. The molecule has 1 amide bonds. The summed E-state index contributed by atoms with van der Waals surface area (Å²) in [6.07, 6.45) is 1.56. The summed E-state index contributed by atoms with van der Waals surface area (Å²) < 4.78 is 0. The van der Waals surface area contributed by atoms with Gasteiger partial charge in [0, 0.05) is 24.8 Å². The number of benzene rings is 1. The second-order valence-corrected chi connectivity index (χ2v) is 4.23. The van der Waals surface area contributed by atoms with E-state index in [0.717, 1.165) is 5.56 Å². The van der Waals surface area contributed by atoms with Gasteiger partial charge < -0.3 is 11.1 Å². The minimum Gasteiger partial charge on any atom is -0.348 e. The third-order valence-corrected chi connectivity index (χ3v) is 2.80. The van der Waals surface area contributed by atoms with Crippen LogP contribution in [0.3, 0.4) is 0 Å². The van der Waals surface area contributed by atoms with Gasteiger partial charge in [-0.25, -0.2) is 0 Å². The molecule has 20 heavy (non-hydrogen) atoms. The molecule has 1 aromatic heterocycles. The molecular weight excluding hydrogens is 252 g/mol. The summed E-state index contributed by atoms with van der Waals surface area (Å²) in [6, 6.07) is 12.5. The van der Waals surface area contributed by atoms with Gasteiger partial charge in [-0.05, 0) is 29.8 Å². The summed E-state index contributed by atoms with van der Waals surface area (Å²) in [5.74, 6) is -0.190. The average molecular weight is 266 g/mol. The number of nitrogens with zero attached hydrogens (tertiary/aromatic N) is 2. The van der Waals surface area contributed by atoms with Crippen LogP contribution in [0.25, 0.3) is 0 Å². The van der Waals surface area contributed by atoms with Gasteiger partial charge in [-0.15, -0.1) is 0 Å². The fourth-order valence-electron chi connectivity index (χ4n) is 1.77. The number of pyridine rings is 1. The van der Waals surface area contributed by atoms with Crippen molar-refractivity contribution < 1.29 is 4.79 Å². The van der Waals surface area contributed by atoms with Gasteiger partial charge in [-0.3, -0.25) is 9.78 Å². The SMILES string of the molecule is N#Cc1cccc(CNC(=O)c2ccnc(CN)c2)c1. The molecule has 1 heterocycles. The van der Waals surface area contributed by atoms with E-state index >= 15 is 0 Å². The molecule has 2 aromatic rings. The Morgan fingerprint density at radius 3 is 2.95 bits per heavy atom. The van der Waals surface area contributed by atoms with E-state index in [0.29, 0.717) is 29.9 Å². The van der Waals surface area contributed by atoms with E-state index in [-0.39, 0.29) is 5.91 Å². The highest BCUT2D eigenvalue weighted by atomic mass is 16.1. The largest absolute Gasteiger partial charge is 0.348 e. The van der Waals surface area contributed by atoms with E-state index in [9.17, 15) is 4.79 Å². The van der Waals surface area contributed by atoms with Crippen LogP contribution in [0.15, 0.2) is 42.6 Å². The van der Waals surface area contributed by atoms with Crippen molar-refractivity contribution in [1.82, 2.24) is 10.3 Å². The van der Waals surface area contributed by atoms with Gasteiger partial charge in [0.1, 0.15) is 0 Å². The molecule has 5 heteroatoms. The lowest BCUT2D eigenvalue weighted by Crippen LogP contribution is -2.23. The fraction of sp³-hybridized carbons (Fsp3) is 0.133. The summed E-state index contributed by atoms with van der Waals surface area (Å²) in [5, 5.41) is 11.6. The van der Waals surface area contributed by atoms with Crippen LogP contribution >= 0.6 is 0 Å². The van der Waals surface area contributed by atoms with Crippen molar-refractivity contribution in [3.63, 3.8) is 0 Å². The van der Waals surface area contributed by atoms with Crippen LogP contribution < -0.4 is 11.1 Å². The monoisotopic (exact) mass is 266 g/mol. The summed E-state index contributed by atoms with van der Waals surface area (Å²) in [6.45, 7) is 0.667. The van der Waals surface area contributed by atoms with Crippen LogP contribution in [0.4, 0.5) is 0 Å². The number of nitrogens with one attached hydrogen (secondary N) is 1. The van der Waals surface area contributed by atoms with Gasteiger partial charge >= 0.3 is 0 Å². The molecule has 0 saturated carbocycles. The minimum absolute atomic E-state index is 0.190. The van der Waals surface area contributed by atoms with Crippen molar-refractivity contribution in [2.45, 2.75) is 13.1 Å². The molecule has 0 atom stereocenters. The highest BCUT2D eigenvalue weighted by molar-refractivity contribution is 5.94. The van der Waals surface area contributed by atoms with Crippen LogP contribution in [-0.2, 0) is 13.1 Å². The number of aromatic nitrogens is 1. The normalized spacial score (nSPS) is 9.80. The van der Waals surface area contributed by atoms with Gasteiger partial charge in [0.25, 0.3) is 5.91 Å². The second kappa shape index (κ2) is 6.45. The van der Waals surface area contributed by atoms with Crippen LogP contribution in [0.5, 0.6) is 0 Å². The lowest BCUT2D eigenvalue weighted by atomic mass is 10.1. The zero-order chi connectivity index (χ0) is 14.4. The number of rotatable bonds is 4. The number of carbonyl (C=O) groups excluding carboxylic acids is 1. The maximum absolute atomic E-state index is 12.0. The summed E-state index contributed by atoms with van der Waals surface area (Å²) >= 11 is 0. The Labute approximate surface area is 117 Å². The summed E-state index contributed by atoms with van der Waals surface area (Å²) in [4.78, 5) is 16.0. The van der Waals surface area contributed by atoms with Gasteiger partial charge in [0.15, 0.2) is 0 Å². The first kappa shape index (κ1) is 13.7. The van der Waals surface area contributed by atoms with E-state index < -0.39 is 0 Å². The third-order valence-electron chi connectivity index (χ3n) is 2.80. The molecule has 0 aliphatic heterocycles.